The van der Waals surface area contributed by atoms with Crippen LogP contribution < -0.4 is 0 Å². The summed E-state index contributed by atoms with van der Waals surface area (Å²) >= 11 is 0. The minimum absolute atomic E-state index is 0.365. The topological polar surface area (TPSA) is 12.9 Å². The molecule has 0 radical (unpaired) electrons. The molecule has 0 atom stereocenters. The Morgan fingerprint density at radius 1 is 1.45 bits per heavy atom. The van der Waals surface area contributed by atoms with E-state index in [9.17, 15) is 0 Å². The Labute approximate surface area is 67.5 Å². The molecule has 1 aliphatic rings. The fourth-order valence-electron chi connectivity index (χ4n) is 1.83. The third-order valence-electron chi connectivity index (χ3n) is 2.66. The van der Waals surface area contributed by atoms with Gasteiger partial charge in [-0.2, -0.15) is 0 Å². The van der Waals surface area contributed by atoms with Gasteiger partial charge in [0.2, 0.25) is 0 Å². The molecule has 1 aromatic heterocycles. The number of aryl methyl sites for hydroxylation is 1. The van der Waals surface area contributed by atoms with Crippen LogP contribution in [0.1, 0.15) is 31.4 Å². The average Bonchev–Trinajstić information content (AvgIpc) is 2.29. The summed E-state index contributed by atoms with van der Waals surface area (Å²) in [5, 5.41) is 0. The average molecular weight is 147 g/mol. The largest absolute Gasteiger partial charge is 0.264 e. The highest BCUT2D eigenvalue weighted by molar-refractivity contribution is 5.35. The van der Waals surface area contributed by atoms with Crippen LogP contribution in [-0.2, 0) is 11.8 Å². The zero-order chi connectivity index (χ0) is 7.90. The number of hydrogen-bond donors (Lipinski definition) is 0. The third-order valence-corrected chi connectivity index (χ3v) is 2.66. The van der Waals surface area contributed by atoms with E-state index in [1.54, 1.807) is 0 Å². The fourth-order valence-corrected chi connectivity index (χ4v) is 1.83. The Hall–Kier alpha value is -0.850. The Kier molecular flexibility index (Phi) is 1.28. The van der Waals surface area contributed by atoms with Crippen LogP contribution in [0.5, 0.6) is 0 Å². The van der Waals surface area contributed by atoms with Crippen LogP contribution in [0.4, 0.5) is 0 Å². The molecule has 1 aromatic rings. The van der Waals surface area contributed by atoms with Gasteiger partial charge in [-0.25, -0.2) is 0 Å². The molecule has 2 rings (SSSR count). The molecule has 1 heteroatoms. The van der Waals surface area contributed by atoms with Gasteiger partial charge in [0, 0.05) is 12.4 Å². The van der Waals surface area contributed by atoms with E-state index in [-0.39, 0.29) is 0 Å². The van der Waals surface area contributed by atoms with E-state index >= 15 is 0 Å². The van der Waals surface area contributed by atoms with Gasteiger partial charge in [0.1, 0.15) is 0 Å². The zero-order valence-corrected chi connectivity index (χ0v) is 7.09. The summed E-state index contributed by atoms with van der Waals surface area (Å²) in [6.07, 6.45) is 6.40. The second-order valence-corrected chi connectivity index (χ2v) is 3.92. The van der Waals surface area contributed by atoms with Crippen molar-refractivity contribution in [1.29, 1.82) is 0 Å². The van der Waals surface area contributed by atoms with Crippen LogP contribution in [0.3, 0.4) is 0 Å². The van der Waals surface area contributed by atoms with E-state index in [0.29, 0.717) is 5.41 Å². The Morgan fingerprint density at radius 2 is 2.27 bits per heavy atom. The quantitative estimate of drug-likeness (QED) is 0.548. The van der Waals surface area contributed by atoms with Gasteiger partial charge in [-0.3, -0.25) is 4.98 Å². The van der Waals surface area contributed by atoms with Crippen molar-refractivity contribution < 1.29 is 0 Å². The van der Waals surface area contributed by atoms with Crippen LogP contribution >= 0.6 is 0 Å². The molecule has 0 saturated carbocycles. The molecule has 0 spiro atoms. The van der Waals surface area contributed by atoms with Crippen molar-refractivity contribution in [2.75, 3.05) is 0 Å². The minimum Gasteiger partial charge on any atom is -0.264 e. The molecule has 0 aromatic carbocycles. The predicted molar refractivity (Wildman–Crippen MR) is 45.6 cm³/mol. The number of nitrogens with zero attached hydrogens (tertiary/aromatic N) is 1. The van der Waals surface area contributed by atoms with Gasteiger partial charge < -0.3 is 0 Å². The lowest BCUT2D eigenvalue weighted by atomic mass is 9.88. The van der Waals surface area contributed by atoms with Crippen molar-refractivity contribution in [3.8, 4) is 0 Å². The number of hydrogen-bond acceptors (Lipinski definition) is 1. The summed E-state index contributed by atoms with van der Waals surface area (Å²) in [6, 6.07) is 2.14. The first-order valence-corrected chi connectivity index (χ1v) is 4.13. The maximum absolute atomic E-state index is 4.15. The minimum atomic E-state index is 0.365. The molecular formula is C10H13N. The molecule has 1 nitrogen and oxygen atoms in total. The molecular weight excluding hydrogens is 134 g/mol. The lowest BCUT2D eigenvalue weighted by Gasteiger charge is -2.17. The monoisotopic (exact) mass is 147 g/mol. The summed E-state index contributed by atoms with van der Waals surface area (Å²) in [5.41, 5.74) is 3.30. The predicted octanol–water partition coefficient (Wildman–Crippen LogP) is 2.31. The van der Waals surface area contributed by atoms with E-state index in [0.717, 1.165) is 0 Å². The molecule has 11 heavy (non-hydrogen) atoms. The molecule has 0 fully saturated rings. The molecule has 0 aliphatic heterocycles. The van der Waals surface area contributed by atoms with Gasteiger partial charge in [0.15, 0.2) is 0 Å². The van der Waals surface area contributed by atoms with Crippen molar-refractivity contribution >= 4 is 0 Å². The van der Waals surface area contributed by atoms with Gasteiger partial charge in [0.25, 0.3) is 0 Å². The van der Waals surface area contributed by atoms with Crippen molar-refractivity contribution in [3.05, 3.63) is 29.6 Å². The summed E-state index contributed by atoms with van der Waals surface area (Å²) < 4.78 is 0. The van der Waals surface area contributed by atoms with Crippen LogP contribution in [-0.4, -0.2) is 4.98 Å². The normalized spacial score (nSPS) is 19.8. The number of pyridine rings is 1. The van der Waals surface area contributed by atoms with Gasteiger partial charge >= 0.3 is 0 Å². The fraction of sp³-hybridized carbons (Fsp3) is 0.500. The Morgan fingerprint density at radius 3 is 3.00 bits per heavy atom. The van der Waals surface area contributed by atoms with Gasteiger partial charge in [-0.1, -0.05) is 13.8 Å². The van der Waals surface area contributed by atoms with E-state index in [1.807, 2.05) is 12.4 Å². The first-order valence-electron chi connectivity index (χ1n) is 4.13. The second kappa shape index (κ2) is 2.07. The number of rotatable bonds is 0. The molecule has 0 N–H and O–H groups in total. The maximum atomic E-state index is 4.15. The molecule has 1 heterocycles. The van der Waals surface area contributed by atoms with E-state index in [2.05, 4.69) is 24.9 Å². The summed E-state index contributed by atoms with van der Waals surface area (Å²) in [7, 11) is 0. The lowest BCUT2D eigenvalue weighted by Crippen LogP contribution is -2.11. The van der Waals surface area contributed by atoms with E-state index < -0.39 is 0 Å². The molecule has 0 saturated heterocycles. The SMILES string of the molecule is CC1(C)CCc2ccncc21. The highest BCUT2D eigenvalue weighted by atomic mass is 14.6. The first kappa shape index (κ1) is 6.84. The van der Waals surface area contributed by atoms with Gasteiger partial charge in [-0.15, -0.1) is 0 Å². The highest BCUT2D eigenvalue weighted by Crippen LogP contribution is 2.37. The van der Waals surface area contributed by atoms with Crippen LogP contribution in [0.2, 0.25) is 0 Å². The van der Waals surface area contributed by atoms with Crippen molar-refractivity contribution in [3.63, 3.8) is 0 Å². The standard InChI is InChI=1S/C10H13N/c1-10(2)5-3-8-4-6-11-7-9(8)10/h4,6-7H,3,5H2,1-2H3. The van der Waals surface area contributed by atoms with Crippen molar-refractivity contribution in [1.82, 2.24) is 4.98 Å². The van der Waals surface area contributed by atoms with Crippen LogP contribution in [0, 0.1) is 0 Å². The molecule has 58 valence electrons. The number of fused-ring (bicyclic) bond motifs is 1. The third kappa shape index (κ3) is 0.953. The zero-order valence-electron chi connectivity index (χ0n) is 7.09. The van der Waals surface area contributed by atoms with Gasteiger partial charge in [-0.05, 0) is 35.4 Å². The Bertz CT molecular complexity index is 276. The maximum Gasteiger partial charge on any atom is 0.0308 e. The molecule has 0 bridgehead atoms. The molecule has 0 unspecified atom stereocenters. The van der Waals surface area contributed by atoms with Gasteiger partial charge in [0.05, 0.1) is 0 Å². The highest BCUT2D eigenvalue weighted by Gasteiger charge is 2.29. The number of aromatic nitrogens is 1. The molecule has 1 aliphatic carbocycles. The van der Waals surface area contributed by atoms with Crippen LogP contribution in [0.15, 0.2) is 18.5 Å². The smallest absolute Gasteiger partial charge is 0.0308 e. The van der Waals surface area contributed by atoms with Crippen molar-refractivity contribution in [2.24, 2.45) is 0 Å². The van der Waals surface area contributed by atoms with Crippen molar-refractivity contribution in [2.45, 2.75) is 32.1 Å². The van der Waals surface area contributed by atoms with E-state index in [4.69, 9.17) is 0 Å². The lowest BCUT2D eigenvalue weighted by molar-refractivity contribution is 0.521. The molecule has 0 amide bonds. The summed E-state index contributed by atoms with van der Waals surface area (Å²) in [5.74, 6) is 0. The first-order chi connectivity index (χ1) is 5.20. The summed E-state index contributed by atoms with van der Waals surface area (Å²) in [6.45, 7) is 4.58. The Balaban J connectivity index is 2.56. The second-order valence-electron chi connectivity index (χ2n) is 3.92. The summed E-state index contributed by atoms with van der Waals surface area (Å²) in [4.78, 5) is 4.15. The van der Waals surface area contributed by atoms with Crippen LogP contribution in [0.25, 0.3) is 0 Å². The van der Waals surface area contributed by atoms with E-state index in [1.165, 1.54) is 24.0 Å².